The Labute approximate surface area is 171 Å². The maximum absolute atomic E-state index is 5.52. The molecule has 0 spiro atoms. The number of halogens is 3. The summed E-state index contributed by atoms with van der Waals surface area (Å²) < 4.78 is 4.82. The third-order valence-corrected chi connectivity index (χ3v) is 4.32. The Morgan fingerprint density at radius 1 is 0.680 bits per heavy atom. The van der Waals surface area contributed by atoms with Crippen molar-refractivity contribution in [2.45, 2.75) is 2.14 Å². The number of hydrogen-bond acceptors (Lipinski definition) is 3. The topological polar surface area (TPSA) is 38.9 Å². The monoisotopic (exact) mass is 522 g/mol. The van der Waals surface area contributed by atoms with Crippen LogP contribution in [0.5, 0.6) is 0 Å². The molecule has 2 aromatic carbocycles. The highest BCUT2D eigenvalue weighted by atomic mass is 80.0. The highest BCUT2D eigenvalue weighted by Gasteiger charge is 2.27. The molecule has 6 heteroatoms. The fourth-order valence-electron chi connectivity index (χ4n) is 2.06. The van der Waals surface area contributed by atoms with Crippen LogP contribution in [-0.2, 0) is 2.14 Å². The van der Waals surface area contributed by atoms with Gasteiger partial charge in [0.05, 0.1) is 0 Å². The van der Waals surface area contributed by atoms with Gasteiger partial charge in [-0.1, -0.05) is 66.7 Å². The van der Waals surface area contributed by atoms with Gasteiger partial charge in [-0.05, 0) is 70.6 Å². The Kier molecular flexibility index (Phi) is 6.04. The molecule has 0 unspecified atom stereocenters. The van der Waals surface area contributed by atoms with E-state index < -0.39 is 2.14 Å². The van der Waals surface area contributed by atoms with Gasteiger partial charge in [-0.2, -0.15) is 0 Å². The molecule has 0 saturated carbocycles. The van der Waals surface area contributed by atoms with Crippen molar-refractivity contribution < 1.29 is 4.42 Å². The lowest BCUT2D eigenvalue weighted by molar-refractivity contribution is 0.502. The molecule has 0 bridgehead atoms. The average molecular weight is 525 g/mol. The minimum Gasteiger partial charge on any atom is -0.418 e. The van der Waals surface area contributed by atoms with Crippen LogP contribution in [0, 0.1) is 0 Å². The number of hydrogen-bond donors (Lipinski definition) is 0. The van der Waals surface area contributed by atoms with Gasteiger partial charge in [0.1, 0.15) is 0 Å². The smallest absolute Gasteiger partial charge is 0.255 e. The zero-order valence-electron chi connectivity index (χ0n) is 12.9. The third-order valence-electron chi connectivity index (χ3n) is 3.31. The standard InChI is InChI=1S/C19H13Br3N2O/c20-19(21,22)18-24-23-17(25-18)13-12-16-10-8-15(9-11-16)7-6-14-4-2-1-3-5-14/h1-13H. The quantitative estimate of drug-likeness (QED) is 0.281. The molecule has 1 heterocycles. The Morgan fingerprint density at radius 3 is 1.72 bits per heavy atom. The molecule has 3 aromatic rings. The molecule has 3 nitrogen and oxygen atoms in total. The first-order valence-electron chi connectivity index (χ1n) is 7.43. The summed E-state index contributed by atoms with van der Waals surface area (Å²) in [5.41, 5.74) is 3.38. The minimum atomic E-state index is -0.696. The Bertz CT molecular complexity index is 879. The van der Waals surface area contributed by atoms with Crippen LogP contribution in [0.15, 0.2) is 59.0 Å². The van der Waals surface area contributed by atoms with Crippen LogP contribution < -0.4 is 0 Å². The summed E-state index contributed by atoms with van der Waals surface area (Å²) in [4.78, 5) is 0. The first kappa shape index (κ1) is 18.3. The summed E-state index contributed by atoms with van der Waals surface area (Å²) >= 11 is 10.0. The molecular weight excluding hydrogens is 512 g/mol. The molecule has 0 atom stereocenters. The van der Waals surface area contributed by atoms with Crippen LogP contribution in [0.3, 0.4) is 0 Å². The van der Waals surface area contributed by atoms with Crippen molar-refractivity contribution in [1.82, 2.24) is 10.2 Å². The summed E-state index contributed by atoms with van der Waals surface area (Å²) in [5.74, 6) is 0.833. The highest BCUT2D eigenvalue weighted by Crippen LogP contribution is 2.43. The van der Waals surface area contributed by atoms with Crippen molar-refractivity contribution in [3.63, 3.8) is 0 Å². The Hall–Kier alpha value is -1.50. The van der Waals surface area contributed by atoms with Crippen LogP contribution in [0.1, 0.15) is 28.5 Å². The van der Waals surface area contributed by atoms with E-state index in [1.807, 2.05) is 36.4 Å². The van der Waals surface area contributed by atoms with Crippen LogP contribution in [0.4, 0.5) is 0 Å². The maximum Gasteiger partial charge on any atom is 0.255 e. The van der Waals surface area contributed by atoms with E-state index in [2.05, 4.69) is 94.4 Å². The van der Waals surface area contributed by atoms with Gasteiger partial charge in [0.15, 0.2) is 0 Å². The molecule has 0 aliphatic rings. The second kappa shape index (κ2) is 8.25. The van der Waals surface area contributed by atoms with Gasteiger partial charge in [0, 0.05) is 6.08 Å². The van der Waals surface area contributed by atoms with E-state index in [1.165, 1.54) is 5.56 Å². The second-order valence-corrected chi connectivity index (χ2v) is 11.9. The van der Waals surface area contributed by atoms with Crippen LogP contribution in [0.2, 0.25) is 0 Å². The fourth-order valence-corrected chi connectivity index (χ4v) is 2.54. The van der Waals surface area contributed by atoms with Crippen molar-refractivity contribution in [3.8, 4) is 0 Å². The van der Waals surface area contributed by atoms with Crippen molar-refractivity contribution in [2.24, 2.45) is 0 Å². The van der Waals surface area contributed by atoms with Gasteiger partial charge < -0.3 is 4.42 Å². The largest absolute Gasteiger partial charge is 0.418 e. The van der Waals surface area contributed by atoms with Gasteiger partial charge in [-0.15, -0.1) is 10.2 Å². The number of benzene rings is 2. The predicted molar refractivity (Wildman–Crippen MR) is 113 cm³/mol. The normalized spacial score (nSPS) is 12.3. The van der Waals surface area contributed by atoms with E-state index in [0.29, 0.717) is 11.8 Å². The lowest BCUT2D eigenvalue weighted by Crippen LogP contribution is -1.97. The van der Waals surface area contributed by atoms with Crippen LogP contribution in [0.25, 0.3) is 24.3 Å². The van der Waals surface area contributed by atoms with E-state index in [-0.39, 0.29) is 0 Å². The Balaban J connectivity index is 1.66. The Morgan fingerprint density at radius 2 is 1.20 bits per heavy atom. The molecule has 0 aliphatic heterocycles. The predicted octanol–water partition coefficient (Wildman–Crippen LogP) is 6.71. The van der Waals surface area contributed by atoms with Crippen molar-refractivity contribution in [1.29, 1.82) is 0 Å². The van der Waals surface area contributed by atoms with Crippen LogP contribution in [-0.4, -0.2) is 10.2 Å². The molecule has 0 radical (unpaired) electrons. The SMILES string of the molecule is BrC(Br)(Br)c1nnc(C=Cc2ccc(C=Cc3ccccc3)cc2)o1. The molecular formula is C19H13Br3N2O. The molecule has 0 N–H and O–H groups in total. The average Bonchev–Trinajstić information content (AvgIpc) is 3.09. The number of alkyl halides is 3. The molecule has 3 rings (SSSR count). The maximum atomic E-state index is 5.52. The molecule has 0 amide bonds. The lowest BCUT2D eigenvalue weighted by atomic mass is 10.1. The summed E-state index contributed by atoms with van der Waals surface area (Å²) in [6, 6.07) is 18.4. The van der Waals surface area contributed by atoms with Gasteiger partial charge in [0.2, 0.25) is 8.03 Å². The first-order valence-corrected chi connectivity index (χ1v) is 9.80. The third kappa shape index (κ3) is 5.49. The summed E-state index contributed by atoms with van der Waals surface area (Å²) in [6.07, 6.45) is 7.90. The van der Waals surface area contributed by atoms with Crippen molar-refractivity contribution >= 4 is 72.1 Å². The minimum absolute atomic E-state index is 0.397. The van der Waals surface area contributed by atoms with Gasteiger partial charge >= 0.3 is 0 Å². The highest BCUT2D eigenvalue weighted by molar-refractivity contribution is 9.38. The van der Waals surface area contributed by atoms with E-state index in [4.69, 9.17) is 4.42 Å². The molecule has 0 saturated heterocycles. The zero-order valence-corrected chi connectivity index (χ0v) is 17.7. The molecule has 0 fully saturated rings. The van der Waals surface area contributed by atoms with E-state index in [1.54, 1.807) is 6.08 Å². The van der Waals surface area contributed by atoms with Crippen LogP contribution >= 0.6 is 47.8 Å². The summed E-state index contributed by atoms with van der Waals surface area (Å²) in [6.45, 7) is 0. The lowest BCUT2D eigenvalue weighted by Gasteiger charge is -2.03. The van der Waals surface area contributed by atoms with Gasteiger partial charge in [-0.25, -0.2) is 0 Å². The number of rotatable bonds is 4. The molecule has 0 aliphatic carbocycles. The number of aromatic nitrogens is 2. The zero-order chi connectivity index (χ0) is 17.7. The van der Waals surface area contributed by atoms with E-state index in [0.717, 1.165) is 11.1 Å². The van der Waals surface area contributed by atoms with E-state index >= 15 is 0 Å². The fraction of sp³-hybridized carbons (Fsp3) is 0.0526. The van der Waals surface area contributed by atoms with Crippen molar-refractivity contribution in [3.05, 3.63) is 83.1 Å². The number of nitrogens with zero attached hydrogens (tertiary/aromatic N) is 2. The molecule has 126 valence electrons. The summed E-state index contributed by atoms with van der Waals surface area (Å²) in [5, 5.41) is 7.92. The molecule has 1 aromatic heterocycles. The second-order valence-electron chi connectivity index (χ2n) is 5.19. The van der Waals surface area contributed by atoms with Crippen molar-refractivity contribution in [2.75, 3.05) is 0 Å². The first-order chi connectivity index (χ1) is 12.0. The van der Waals surface area contributed by atoms with Gasteiger partial charge in [-0.3, -0.25) is 0 Å². The molecule has 25 heavy (non-hydrogen) atoms. The van der Waals surface area contributed by atoms with E-state index in [9.17, 15) is 0 Å². The summed E-state index contributed by atoms with van der Waals surface area (Å²) in [7, 11) is 0. The van der Waals surface area contributed by atoms with Gasteiger partial charge in [0.25, 0.3) is 5.89 Å².